The van der Waals surface area contributed by atoms with Crippen LogP contribution in [0.4, 0.5) is 5.13 Å². The lowest BCUT2D eigenvalue weighted by Crippen LogP contribution is -1.97. The van der Waals surface area contributed by atoms with Gasteiger partial charge in [0.2, 0.25) is 5.13 Å². The number of aryl methyl sites for hydroxylation is 1. The van der Waals surface area contributed by atoms with Gasteiger partial charge in [-0.25, -0.2) is 4.98 Å². The number of hydrogen-bond acceptors (Lipinski definition) is 5. The number of benzene rings is 1. The number of fused-ring (bicyclic) bond motifs is 1. The maximum atomic E-state index is 5.69. The summed E-state index contributed by atoms with van der Waals surface area (Å²) in [6, 6.07) is 10.0. The molecular formula is C12H11N3OS. The summed E-state index contributed by atoms with van der Waals surface area (Å²) >= 11 is 1.36. The van der Waals surface area contributed by atoms with Crippen molar-refractivity contribution >= 4 is 27.6 Å². The van der Waals surface area contributed by atoms with Crippen LogP contribution >= 0.6 is 11.5 Å². The van der Waals surface area contributed by atoms with E-state index in [1.165, 1.54) is 11.5 Å². The quantitative estimate of drug-likeness (QED) is 0.769. The van der Waals surface area contributed by atoms with Crippen LogP contribution in [0.25, 0.3) is 11.0 Å². The first-order valence-electron chi connectivity index (χ1n) is 5.33. The van der Waals surface area contributed by atoms with Crippen LogP contribution in [0.15, 0.2) is 34.7 Å². The second-order valence-corrected chi connectivity index (χ2v) is 4.50. The van der Waals surface area contributed by atoms with Crippen LogP contribution in [0.2, 0.25) is 0 Å². The number of anilines is 1. The Morgan fingerprint density at radius 3 is 3.00 bits per heavy atom. The Morgan fingerprint density at radius 2 is 2.24 bits per heavy atom. The molecule has 86 valence electrons. The van der Waals surface area contributed by atoms with Crippen molar-refractivity contribution in [2.24, 2.45) is 0 Å². The predicted octanol–water partition coefficient (Wildman–Crippen LogP) is 3.20. The summed E-state index contributed by atoms with van der Waals surface area (Å²) in [6.45, 7) is 2.51. The first kappa shape index (κ1) is 10.3. The Labute approximate surface area is 102 Å². The second kappa shape index (κ2) is 4.18. The third-order valence-corrected chi connectivity index (χ3v) is 3.18. The maximum Gasteiger partial charge on any atom is 0.202 e. The number of nitrogens with zero attached hydrogens (tertiary/aromatic N) is 2. The van der Waals surface area contributed by atoms with Crippen molar-refractivity contribution in [3.8, 4) is 0 Å². The van der Waals surface area contributed by atoms with Gasteiger partial charge < -0.3 is 9.73 Å². The van der Waals surface area contributed by atoms with Gasteiger partial charge in [-0.05, 0) is 19.1 Å². The first-order chi connectivity index (χ1) is 8.31. The molecule has 0 saturated heterocycles. The summed E-state index contributed by atoms with van der Waals surface area (Å²) in [5.41, 5.74) is 0.915. The largest absolute Gasteiger partial charge is 0.459 e. The molecule has 0 aliphatic heterocycles. The Kier molecular flexibility index (Phi) is 2.53. The molecule has 0 fully saturated rings. The van der Waals surface area contributed by atoms with Gasteiger partial charge in [-0.3, -0.25) is 0 Å². The van der Waals surface area contributed by atoms with Gasteiger partial charge in [0.25, 0.3) is 0 Å². The van der Waals surface area contributed by atoms with E-state index in [2.05, 4.69) is 14.7 Å². The molecule has 0 aliphatic rings. The van der Waals surface area contributed by atoms with Crippen molar-refractivity contribution in [1.82, 2.24) is 9.36 Å². The highest BCUT2D eigenvalue weighted by Gasteiger charge is 2.04. The summed E-state index contributed by atoms with van der Waals surface area (Å²) in [4.78, 5) is 4.23. The fraction of sp³-hybridized carbons (Fsp3) is 0.167. The van der Waals surface area contributed by atoms with Gasteiger partial charge in [0, 0.05) is 16.9 Å². The molecule has 0 amide bonds. The molecular weight excluding hydrogens is 234 g/mol. The van der Waals surface area contributed by atoms with E-state index in [1.807, 2.05) is 37.3 Å². The molecule has 2 aromatic heterocycles. The van der Waals surface area contributed by atoms with Crippen molar-refractivity contribution in [1.29, 1.82) is 0 Å². The highest BCUT2D eigenvalue weighted by molar-refractivity contribution is 7.09. The normalized spacial score (nSPS) is 10.9. The zero-order chi connectivity index (χ0) is 11.7. The minimum Gasteiger partial charge on any atom is -0.459 e. The van der Waals surface area contributed by atoms with Gasteiger partial charge in [-0.15, -0.1) is 0 Å². The molecule has 17 heavy (non-hydrogen) atoms. The van der Waals surface area contributed by atoms with E-state index in [4.69, 9.17) is 4.42 Å². The molecule has 3 rings (SSSR count). The molecule has 0 bridgehead atoms. The first-order valence-corrected chi connectivity index (χ1v) is 6.10. The molecule has 0 aliphatic carbocycles. The lowest BCUT2D eigenvalue weighted by Gasteiger charge is -1.96. The zero-order valence-electron chi connectivity index (χ0n) is 9.30. The number of hydrogen-bond donors (Lipinski definition) is 1. The average molecular weight is 245 g/mol. The number of rotatable bonds is 3. The zero-order valence-corrected chi connectivity index (χ0v) is 10.1. The van der Waals surface area contributed by atoms with Crippen LogP contribution < -0.4 is 5.32 Å². The highest BCUT2D eigenvalue weighted by Crippen LogP contribution is 2.20. The molecule has 0 unspecified atom stereocenters. The maximum absolute atomic E-state index is 5.69. The van der Waals surface area contributed by atoms with E-state index < -0.39 is 0 Å². The van der Waals surface area contributed by atoms with Gasteiger partial charge >= 0.3 is 0 Å². The summed E-state index contributed by atoms with van der Waals surface area (Å²) in [5, 5.41) is 5.14. The molecule has 0 saturated carbocycles. The Morgan fingerprint density at radius 1 is 1.35 bits per heavy atom. The van der Waals surface area contributed by atoms with E-state index in [-0.39, 0.29) is 0 Å². The number of nitrogens with one attached hydrogen (secondary N) is 1. The van der Waals surface area contributed by atoms with Crippen molar-refractivity contribution in [3.05, 3.63) is 41.9 Å². The van der Waals surface area contributed by atoms with Crippen molar-refractivity contribution in [2.45, 2.75) is 13.5 Å². The average Bonchev–Trinajstić information content (AvgIpc) is 2.91. The lowest BCUT2D eigenvalue weighted by atomic mass is 10.2. The van der Waals surface area contributed by atoms with E-state index >= 15 is 0 Å². The topological polar surface area (TPSA) is 51.0 Å². The summed E-state index contributed by atoms with van der Waals surface area (Å²) in [6.07, 6.45) is 0. The van der Waals surface area contributed by atoms with E-state index in [0.29, 0.717) is 6.54 Å². The third kappa shape index (κ3) is 2.14. The van der Waals surface area contributed by atoms with Crippen LogP contribution in [0.3, 0.4) is 0 Å². The molecule has 1 aromatic carbocycles. The monoisotopic (exact) mass is 245 g/mol. The van der Waals surface area contributed by atoms with Crippen molar-refractivity contribution < 1.29 is 4.42 Å². The van der Waals surface area contributed by atoms with Gasteiger partial charge in [0.1, 0.15) is 17.2 Å². The standard InChI is InChI=1S/C12H11N3OS/c1-8-14-12(17-15-8)13-7-10-6-9-4-2-3-5-11(9)16-10/h2-6H,7H2,1H3,(H,13,14,15). The number of para-hydroxylation sites is 1. The molecule has 3 aromatic rings. The molecule has 1 N–H and O–H groups in total. The molecule has 0 atom stereocenters. The van der Waals surface area contributed by atoms with E-state index in [0.717, 1.165) is 27.7 Å². The molecule has 2 heterocycles. The number of aromatic nitrogens is 2. The van der Waals surface area contributed by atoms with E-state index in [9.17, 15) is 0 Å². The smallest absolute Gasteiger partial charge is 0.202 e. The Balaban J connectivity index is 1.76. The summed E-state index contributed by atoms with van der Waals surface area (Å²) in [5.74, 6) is 1.70. The van der Waals surface area contributed by atoms with Gasteiger partial charge in [0.15, 0.2) is 0 Å². The third-order valence-electron chi connectivity index (χ3n) is 2.42. The Bertz CT molecular complexity index is 611. The highest BCUT2D eigenvalue weighted by atomic mass is 32.1. The molecule has 4 nitrogen and oxygen atoms in total. The fourth-order valence-electron chi connectivity index (χ4n) is 1.66. The molecule has 5 heteroatoms. The van der Waals surface area contributed by atoms with Crippen LogP contribution in [-0.2, 0) is 6.54 Å². The summed E-state index contributed by atoms with van der Waals surface area (Å²) < 4.78 is 9.80. The van der Waals surface area contributed by atoms with Gasteiger partial charge in [0.05, 0.1) is 6.54 Å². The van der Waals surface area contributed by atoms with E-state index in [1.54, 1.807) is 0 Å². The predicted molar refractivity (Wildman–Crippen MR) is 68.2 cm³/mol. The Hall–Kier alpha value is -1.88. The van der Waals surface area contributed by atoms with Crippen LogP contribution in [0, 0.1) is 6.92 Å². The lowest BCUT2D eigenvalue weighted by molar-refractivity contribution is 0.559. The second-order valence-electron chi connectivity index (χ2n) is 3.75. The van der Waals surface area contributed by atoms with Crippen molar-refractivity contribution in [3.63, 3.8) is 0 Å². The summed E-state index contributed by atoms with van der Waals surface area (Å²) in [7, 11) is 0. The SMILES string of the molecule is Cc1nsc(NCc2cc3ccccc3o2)n1. The fourth-order valence-corrected chi connectivity index (χ4v) is 2.22. The molecule has 0 radical (unpaired) electrons. The minimum absolute atomic E-state index is 0.628. The van der Waals surface area contributed by atoms with Crippen LogP contribution in [0.5, 0.6) is 0 Å². The van der Waals surface area contributed by atoms with Crippen LogP contribution in [0.1, 0.15) is 11.6 Å². The molecule has 0 spiro atoms. The van der Waals surface area contributed by atoms with Gasteiger partial charge in [-0.1, -0.05) is 18.2 Å². The van der Waals surface area contributed by atoms with Gasteiger partial charge in [-0.2, -0.15) is 4.37 Å². The minimum atomic E-state index is 0.628. The van der Waals surface area contributed by atoms with Crippen LogP contribution in [-0.4, -0.2) is 9.36 Å². The number of furan rings is 1. The van der Waals surface area contributed by atoms with Crippen molar-refractivity contribution in [2.75, 3.05) is 5.32 Å².